The van der Waals surface area contributed by atoms with Gasteiger partial charge in [0, 0.05) is 17.6 Å². The monoisotopic (exact) mass is 421 g/mol. The normalized spacial score (nSPS) is 15.0. The highest BCUT2D eigenvalue weighted by atomic mass is 16.2. The van der Waals surface area contributed by atoms with Crippen molar-refractivity contribution in [1.29, 1.82) is 0 Å². The molecule has 1 aliphatic rings. The molecule has 0 saturated heterocycles. The molecule has 2 amide bonds. The number of para-hydroxylation sites is 1. The standard InChI is InChI=1S/C28H27N3O/c1-19-14-15-23(17-21(19)3)29-28(32)31-18-22-10-5-7-12-25(22)30-16-8-13-26(30)27(31)24-11-6-4-9-20(24)2/h4-17,27H,18H2,1-3H3,(H,29,32). The van der Waals surface area contributed by atoms with Crippen LogP contribution in [0.3, 0.4) is 0 Å². The summed E-state index contributed by atoms with van der Waals surface area (Å²) < 4.78 is 2.22. The van der Waals surface area contributed by atoms with Crippen LogP contribution in [-0.4, -0.2) is 15.5 Å². The maximum atomic E-state index is 13.8. The predicted molar refractivity (Wildman–Crippen MR) is 129 cm³/mol. The van der Waals surface area contributed by atoms with Crippen LogP contribution in [0.2, 0.25) is 0 Å². The number of rotatable bonds is 2. The molecule has 160 valence electrons. The van der Waals surface area contributed by atoms with Gasteiger partial charge in [-0.05, 0) is 78.9 Å². The smallest absolute Gasteiger partial charge is 0.318 e. The highest BCUT2D eigenvalue weighted by Crippen LogP contribution is 2.38. The van der Waals surface area contributed by atoms with Crippen LogP contribution in [-0.2, 0) is 6.54 Å². The number of hydrogen-bond donors (Lipinski definition) is 1. The largest absolute Gasteiger partial charge is 0.322 e. The first-order chi connectivity index (χ1) is 15.5. The van der Waals surface area contributed by atoms with Crippen LogP contribution in [0.5, 0.6) is 0 Å². The minimum absolute atomic E-state index is 0.106. The van der Waals surface area contributed by atoms with Crippen LogP contribution in [0.4, 0.5) is 10.5 Å². The van der Waals surface area contributed by atoms with Gasteiger partial charge in [0.2, 0.25) is 0 Å². The number of urea groups is 1. The van der Waals surface area contributed by atoms with Gasteiger partial charge < -0.3 is 14.8 Å². The Labute approximate surface area is 189 Å². The maximum absolute atomic E-state index is 13.8. The molecule has 1 unspecified atom stereocenters. The van der Waals surface area contributed by atoms with Crippen LogP contribution in [0, 0.1) is 20.8 Å². The van der Waals surface area contributed by atoms with E-state index in [1.54, 1.807) is 0 Å². The molecule has 3 aromatic carbocycles. The summed E-state index contributed by atoms with van der Waals surface area (Å²) in [6, 6.07) is 26.6. The van der Waals surface area contributed by atoms with E-state index in [0.29, 0.717) is 6.54 Å². The zero-order chi connectivity index (χ0) is 22.2. The second-order valence-electron chi connectivity index (χ2n) is 8.55. The molecule has 1 atom stereocenters. The van der Waals surface area contributed by atoms with Crippen LogP contribution in [0.25, 0.3) is 5.69 Å². The molecular weight excluding hydrogens is 394 g/mol. The first kappa shape index (κ1) is 20.1. The van der Waals surface area contributed by atoms with Gasteiger partial charge in [-0.2, -0.15) is 0 Å². The van der Waals surface area contributed by atoms with Gasteiger partial charge in [-0.15, -0.1) is 0 Å². The average molecular weight is 422 g/mol. The summed E-state index contributed by atoms with van der Waals surface area (Å²) in [5, 5.41) is 3.16. The molecule has 0 bridgehead atoms. The van der Waals surface area contributed by atoms with Gasteiger partial charge in [0.05, 0.1) is 12.2 Å². The number of benzene rings is 3. The van der Waals surface area contributed by atoms with E-state index in [1.165, 1.54) is 11.1 Å². The Hall–Kier alpha value is -3.79. The van der Waals surface area contributed by atoms with Crippen molar-refractivity contribution in [2.75, 3.05) is 5.32 Å². The molecule has 4 nitrogen and oxygen atoms in total. The number of aryl methyl sites for hydroxylation is 3. The van der Waals surface area contributed by atoms with Crippen LogP contribution in [0.15, 0.2) is 85.1 Å². The van der Waals surface area contributed by atoms with Crippen molar-refractivity contribution in [2.24, 2.45) is 0 Å². The van der Waals surface area contributed by atoms with Crippen LogP contribution >= 0.6 is 0 Å². The Bertz CT molecular complexity index is 1300. The average Bonchev–Trinajstić information content (AvgIpc) is 3.21. The summed E-state index contributed by atoms with van der Waals surface area (Å²) in [5.41, 5.74) is 8.81. The van der Waals surface area contributed by atoms with E-state index in [2.05, 4.69) is 79.3 Å². The summed E-state index contributed by atoms with van der Waals surface area (Å²) in [6.45, 7) is 6.78. The van der Waals surface area contributed by atoms with Gasteiger partial charge in [0.25, 0.3) is 0 Å². The molecule has 0 aliphatic carbocycles. The third-order valence-corrected chi connectivity index (χ3v) is 6.47. The van der Waals surface area contributed by atoms with Crippen molar-refractivity contribution in [1.82, 2.24) is 9.47 Å². The fourth-order valence-electron chi connectivity index (χ4n) is 4.57. The Morgan fingerprint density at radius 2 is 1.62 bits per heavy atom. The lowest BCUT2D eigenvalue weighted by molar-refractivity contribution is 0.194. The minimum Gasteiger partial charge on any atom is -0.318 e. The number of anilines is 1. The number of fused-ring (bicyclic) bond motifs is 3. The second kappa shape index (κ2) is 8.04. The number of nitrogens with zero attached hydrogens (tertiary/aromatic N) is 2. The van der Waals surface area contributed by atoms with E-state index >= 15 is 0 Å². The summed E-state index contributed by atoms with van der Waals surface area (Å²) in [7, 11) is 0. The maximum Gasteiger partial charge on any atom is 0.322 e. The summed E-state index contributed by atoms with van der Waals surface area (Å²) in [4.78, 5) is 15.7. The molecule has 1 aliphatic heterocycles. The van der Waals surface area contributed by atoms with E-state index < -0.39 is 0 Å². The lowest BCUT2D eigenvalue weighted by Crippen LogP contribution is -2.38. The molecule has 1 aromatic heterocycles. The molecule has 32 heavy (non-hydrogen) atoms. The quantitative estimate of drug-likeness (QED) is 0.392. The molecule has 4 heteroatoms. The predicted octanol–water partition coefficient (Wildman–Crippen LogP) is 6.54. The van der Waals surface area contributed by atoms with Crippen molar-refractivity contribution in [3.05, 3.63) is 119 Å². The lowest BCUT2D eigenvalue weighted by Gasteiger charge is -2.32. The minimum atomic E-state index is -0.204. The van der Waals surface area contributed by atoms with Gasteiger partial charge in [-0.25, -0.2) is 4.79 Å². The highest BCUT2D eigenvalue weighted by molar-refractivity contribution is 5.90. The number of hydrogen-bond acceptors (Lipinski definition) is 1. The number of amides is 2. The summed E-state index contributed by atoms with van der Waals surface area (Å²) in [6.07, 6.45) is 2.09. The number of carbonyl (C=O) groups is 1. The summed E-state index contributed by atoms with van der Waals surface area (Å²) >= 11 is 0. The van der Waals surface area contributed by atoms with Gasteiger partial charge in [0.1, 0.15) is 6.04 Å². The SMILES string of the molecule is Cc1ccc(NC(=O)N2Cc3ccccc3-n3cccc3C2c2ccccc2C)cc1C. The zero-order valence-corrected chi connectivity index (χ0v) is 18.7. The van der Waals surface area contributed by atoms with Crippen LogP contribution < -0.4 is 5.32 Å². The van der Waals surface area contributed by atoms with E-state index in [1.807, 2.05) is 41.3 Å². The first-order valence-corrected chi connectivity index (χ1v) is 11.0. The highest BCUT2D eigenvalue weighted by Gasteiger charge is 2.33. The molecule has 0 fully saturated rings. The lowest BCUT2D eigenvalue weighted by atomic mass is 9.97. The Morgan fingerprint density at radius 1 is 0.844 bits per heavy atom. The van der Waals surface area contributed by atoms with E-state index in [4.69, 9.17) is 0 Å². The first-order valence-electron chi connectivity index (χ1n) is 11.0. The van der Waals surface area contributed by atoms with E-state index in [9.17, 15) is 4.79 Å². The topological polar surface area (TPSA) is 37.3 Å². The molecular formula is C28H27N3O. The molecule has 5 rings (SSSR count). The van der Waals surface area contributed by atoms with E-state index in [0.717, 1.165) is 33.8 Å². The number of aromatic nitrogens is 1. The van der Waals surface area contributed by atoms with Crippen molar-refractivity contribution < 1.29 is 4.79 Å². The fourth-order valence-corrected chi connectivity index (χ4v) is 4.57. The van der Waals surface area contributed by atoms with Crippen molar-refractivity contribution in [3.8, 4) is 5.69 Å². The third kappa shape index (κ3) is 3.48. The molecule has 0 saturated carbocycles. The molecule has 1 N–H and O–H groups in total. The molecule has 2 heterocycles. The van der Waals surface area contributed by atoms with Gasteiger partial charge in [-0.3, -0.25) is 0 Å². The van der Waals surface area contributed by atoms with Crippen molar-refractivity contribution in [3.63, 3.8) is 0 Å². The van der Waals surface area contributed by atoms with Gasteiger partial charge in [0.15, 0.2) is 0 Å². The van der Waals surface area contributed by atoms with Crippen molar-refractivity contribution >= 4 is 11.7 Å². The third-order valence-electron chi connectivity index (χ3n) is 6.47. The fraction of sp³-hybridized carbons (Fsp3) is 0.179. The molecule has 0 spiro atoms. The number of carbonyl (C=O) groups excluding carboxylic acids is 1. The zero-order valence-electron chi connectivity index (χ0n) is 18.7. The Balaban J connectivity index is 1.64. The summed E-state index contributed by atoms with van der Waals surface area (Å²) in [5.74, 6) is 0. The second-order valence-corrected chi connectivity index (χ2v) is 8.55. The number of nitrogens with one attached hydrogen (secondary N) is 1. The Morgan fingerprint density at radius 3 is 2.44 bits per heavy atom. The van der Waals surface area contributed by atoms with Gasteiger partial charge in [-0.1, -0.05) is 48.5 Å². The van der Waals surface area contributed by atoms with Crippen molar-refractivity contribution in [2.45, 2.75) is 33.4 Å². The van der Waals surface area contributed by atoms with Crippen LogP contribution in [0.1, 0.15) is 39.6 Å². The molecule has 4 aromatic rings. The Kier molecular flexibility index (Phi) is 5.06. The molecule has 0 radical (unpaired) electrons. The van der Waals surface area contributed by atoms with E-state index in [-0.39, 0.29) is 12.1 Å². The van der Waals surface area contributed by atoms with Gasteiger partial charge >= 0.3 is 6.03 Å².